The van der Waals surface area contributed by atoms with Gasteiger partial charge in [0.2, 0.25) is 0 Å². The molecule has 5 aromatic rings. The van der Waals surface area contributed by atoms with Gasteiger partial charge in [-0.25, -0.2) is 19.5 Å². The predicted molar refractivity (Wildman–Crippen MR) is 96.5 cm³/mol. The van der Waals surface area contributed by atoms with Crippen molar-refractivity contribution in [2.45, 2.75) is 19.9 Å². The lowest BCUT2D eigenvalue weighted by atomic mass is 10.2. The van der Waals surface area contributed by atoms with Gasteiger partial charge in [-0.3, -0.25) is 0 Å². The molecule has 0 unspecified atom stereocenters. The first kappa shape index (κ1) is 14.1. The zero-order chi connectivity index (χ0) is 16.8. The number of hydrogen-bond donors (Lipinski definition) is 0. The van der Waals surface area contributed by atoms with Gasteiger partial charge in [-0.1, -0.05) is 24.3 Å². The van der Waals surface area contributed by atoms with Gasteiger partial charge in [0.15, 0.2) is 11.5 Å². The normalized spacial score (nSPS) is 11.7. The molecule has 5 rings (SSSR count). The Morgan fingerprint density at radius 1 is 0.920 bits per heavy atom. The van der Waals surface area contributed by atoms with Crippen LogP contribution in [0.25, 0.3) is 27.6 Å². The van der Waals surface area contributed by atoms with Crippen LogP contribution in [0.1, 0.15) is 11.6 Å². The molecule has 6 nitrogen and oxygen atoms in total. The highest BCUT2D eigenvalue weighted by molar-refractivity contribution is 5.90. The Kier molecular flexibility index (Phi) is 3.03. The molecule has 0 saturated heterocycles. The Labute approximate surface area is 143 Å². The average Bonchev–Trinajstić information content (AvgIpc) is 3.20. The molecule has 0 amide bonds. The van der Waals surface area contributed by atoms with E-state index < -0.39 is 0 Å². The maximum atomic E-state index is 4.73. The van der Waals surface area contributed by atoms with Crippen molar-refractivity contribution >= 4 is 27.6 Å². The number of para-hydroxylation sites is 3. The van der Waals surface area contributed by atoms with Gasteiger partial charge in [0.05, 0.1) is 16.6 Å². The highest BCUT2D eigenvalue weighted by atomic mass is 15.3. The average molecular weight is 328 g/mol. The van der Waals surface area contributed by atoms with Crippen LogP contribution in [-0.4, -0.2) is 29.1 Å². The molecule has 0 N–H and O–H groups in total. The van der Waals surface area contributed by atoms with Crippen LogP contribution in [0.2, 0.25) is 0 Å². The molecule has 6 heteroatoms. The SMILES string of the molecule is Cc1nc2ccccc2n1CCc1nc2c3ccccc3ncn2n1. The summed E-state index contributed by atoms with van der Waals surface area (Å²) in [6, 6.07) is 16.2. The third-order valence-corrected chi connectivity index (χ3v) is 4.53. The molecule has 2 aromatic carbocycles. The lowest BCUT2D eigenvalue weighted by molar-refractivity contribution is 0.667. The molecule has 0 bridgehead atoms. The molecule has 0 spiro atoms. The first-order valence-corrected chi connectivity index (χ1v) is 8.30. The van der Waals surface area contributed by atoms with Crippen molar-refractivity contribution in [1.29, 1.82) is 0 Å². The second kappa shape index (κ2) is 5.37. The molecular weight excluding hydrogens is 312 g/mol. The number of benzene rings is 2. The van der Waals surface area contributed by atoms with E-state index in [1.165, 1.54) is 0 Å². The fourth-order valence-electron chi connectivity index (χ4n) is 3.32. The van der Waals surface area contributed by atoms with Crippen LogP contribution in [0.15, 0.2) is 54.9 Å². The number of imidazole rings is 1. The van der Waals surface area contributed by atoms with Crippen molar-refractivity contribution in [1.82, 2.24) is 29.1 Å². The maximum Gasteiger partial charge on any atom is 0.166 e. The van der Waals surface area contributed by atoms with Crippen LogP contribution >= 0.6 is 0 Å². The summed E-state index contributed by atoms with van der Waals surface area (Å²) < 4.78 is 3.98. The van der Waals surface area contributed by atoms with Gasteiger partial charge in [0, 0.05) is 18.4 Å². The van der Waals surface area contributed by atoms with Crippen molar-refractivity contribution in [3.05, 3.63) is 66.5 Å². The predicted octanol–water partition coefficient (Wildman–Crippen LogP) is 3.18. The smallest absolute Gasteiger partial charge is 0.166 e. The first-order chi connectivity index (χ1) is 12.3. The summed E-state index contributed by atoms with van der Waals surface area (Å²) in [6.07, 6.45) is 2.48. The van der Waals surface area contributed by atoms with Crippen LogP contribution in [0.5, 0.6) is 0 Å². The molecule has 3 heterocycles. The topological polar surface area (TPSA) is 60.9 Å². The van der Waals surface area contributed by atoms with Gasteiger partial charge in [-0.2, -0.15) is 0 Å². The Balaban J connectivity index is 1.52. The number of hydrogen-bond acceptors (Lipinski definition) is 4. The van der Waals surface area contributed by atoms with Gasteiger partial charge < -0.3 is 4.57 Å². The van der Waals surface area contributed by atoms with E-state index >= 15 is 0 Å². The number of aryl methyl sites for hydroxylation is 3. The minimum absolute atomic E-state index is 0.747. The second-order valence-corrected chi connectivity index (χ2v) is 6.11. The largest absolute Gasteiger partial charge is 0.328 e. The summed E-state index contributed by atoms with van der Waals surface area (Å²) in [5, 5.41) is 5.60. The third kappa shape index (κ3) is 2.26. The van der Waals surface area contributed by atoms with E-state index in [0.29, 0.717) is 0 Å². The van der Waals surface area contributed by atoms with Gasteiger partial charge in [0.25, 0.3) is 0 Å². The Bertz CT molecular complexity index is 1220. The fraction of sp³-hybridized carbons (Fsp3) is 0.158. The quantitative estimate of drug-likeness (QED) is 0.510. The van der Waals surface area contributed by atoms with E-state index in [0.717, 1.165) is 52.2 Å². The molecule has 0 aliphatic carbocycles. The highest BCUT2D eigenvalue weighted by Crippen LogP contribution is 2.18. The zero-order valence-corrected chi connectivity index (χ0v) is 13.8. The van der Waals surface area contributed by atoms with Gasteiger partial charge >= 0.3 is 0 Å². The summed E-state index contributed by atoms with van der Waals surface area (Å²) in [6.45, 7) is 2.84. The standard InChI is InChI=1S/C19H16N6/c1-13-21-16-8-4-5-9-17(16)24(13)11-10-18-22-19-14-6-2-3-7-15(14)20-12-25(19)23-18/h2-9,12H,10-11H2,1H3. The van der Waals surface area contributed by atoms with Crippen LogP contribution in [0.4, 0.5) is 0 Å². The molecule has 0 radical (unpaired) electrons. The van der Waals surface area contributed by atoms with Crippen LogP contribution < -0.4 is 0 Å². The third-order valence-electron chi connectivity index (χ3n) is 4.53. The Morgan fingerprint density at radius 2 is 1.72 bits per heavy atom. The minimum Gasteiger partial charge on any atom is -0.328 e. The van der Waals surface area contributed by atoms with Gasteiger partial charge in [0.1, 0.15) is 12.2 Å². The van der Waals surface area contributed by atoms with Gasteiger partial charge in [-0.05, 0) is 31.2 Å². The van der Waals surface area contributed by atoms with E-state index in [-0.39, 0.29) is 0 Å². The van der Waals surface area contributed by atoms with Crippen LogP contribution in [0, 0.1) is 6.92 Å². The number of aromatic nitrogens is 6. The lowest BCUT2D eigenvalue weighted by Crippen LogP contribution is -2.04. The van der Waals surface area contributed by atoms with E-state index in [1.807, 2.05) is 49.4 Å². The Morgan fingerprint density at radius 3 is 2.64 bits per heavy atom. The van der Waals surface area contributed by atoms with Crippen LogP contribution in [0.3, 0.4) is 0 Å². The van der Waals surface area contributed by atoms with Crippen molar-refractivity contribution in [2.75, 3.05) is 0 Å². The van der Waals surface area contributed by atoms with E-state index in [1.54, 1.807) is 10.8 Å². The van der Waals surface area contributed by atoms with Gasteiger partial charge in [-0.15, -0.1) is 5.10 Å². The maximum absolute atomic E-state index is 4.73. The minimum atomic E-state index is 0.747. The molecule has 122 valence electrons. The summed E-state index contributed by atoms with van der Waals surface area (Å²) in [4.78, 5) is 13.8. The molecule has 25 heavy (non-hydrogen) atoms. The molecule has 0 fully saturated rings. The highest BCUT2D eigenvalue weighted by Gasteiger charge is 2.10. The van der Waals surface area contributed by atoms with Crippen molar-refractivity contribution in [3.8, 4) is 0 Å². The van der Waals surface area contributed by atoms with Crippen molar-refractivity contribution < 1.29 is 0 Å². The van der Waals surface area contributed by atoms with Crippen LogP contribution in [-0.2, 0) is 13.0 Å². The summed E-state index contributed by atoms with van der Waals surface area (Å²) in [5.74, 6) is 1.83. The molecule has 0 aliphatic heterocycles. The number of fused-ring (bicyclic) bond motifs is 4. The Hall–Kier alpha value is -3.28. The van der Waals surface area contributed by atoms with E-state index in [9.17, 15) is 0 Å². The summed E-state index contributed by atoms with van der Waals surface area (Å²) >= 11 is 0. The fourth-order valence-corrected chi connectivity index (χ4v) is 3.32. The van der Waals surface area contributed by atoms with E-state index in [2.05, 4.69) is 25.7 Å². The first-order valence-electron chi connectivity index (χ1n) is 8.30. The zero-order valence-electron chi connectivity index (χ0n) is 13.8. The lowest BCUT2D eigenvalue weighted by Gasteiger charge is -2.04. The number of rotatable bonds is 3. The summed E-state index contributed by atoms with van der Waals surface area (Å²) in [5.41, 5.74) is 3.97. The van der Waals surface area contributed by atoms with E-state index in [4.69, 9.17) is 4.98 Å². The molecule has 0 saturated carbocycles. The van der Waals surface area contributed by atoms with Crippen molar-refractivity contribution in [2.24, 2.45) is 0 Å². The molecule has 0 aliphatic rings. The molecular formula is C19H16N6. The molecule has 3 aromatic heterocycles. The molecule has 0 atom stereocenters. The summed E-state index contributed by atoms with van der Waals surface area (Å²) in [7, 11) is 0. The monoisotopic (exact) mass is 328 g/mol. The second-order valence-electron chi connectivity index (χ2n) is 6.11. The van der Waals surface area contributed by atoms with Crippen molar-refractivity contribution in [3.63, 3.8) is 0 Å². The number of nitrogens with zero attached hydrogens (tertiary/aromatic N) is 6.